The van der Waals surface area contributed by atoms with E-state index in [0.717, 1.165) is 16.9 Å². The molecule has 0 radical (unpaired) electrons. The zero-order chi connectivity index (χ0) is 21.4. The smallest absolute Gasteiger partial charge is 0.342 e. The van der Waals surface area contributed by atoms with E-state index in [1.165, 1.54) is 18.3 Å². The van der Waals surface area contributed by atoms with Gasteiger partial charge in [-0.25, -0.2) is 14.6 Å². The standard InChI is InChI=1S/C19H19N3O6S/c1-3-27-18(23)14-15(19(24)28-4-2)17(29-16(14)20)21-11-5-6-12-7-9-13(10-8-12)22(25)26/h5-11H,3-4,20H2,1-2H3/b6-5+,21-11+. The lowest BCUT2D eigenvalue weighted by Crippen LogP contribution is -2.13. The minimum Gasteiger partial charge on any atom is -0.462 e. The number of carbonyl (C=O) groups excluding carboxylic acids is 2. The molecule has 0 aliphatic carbocycles. The van der Waals surface area contributed by atoms with Crippen molar-refractivity contribution in [3.63, 3.8) is 0 Å². The van der Waals surface area contributed by atoms with Crippen LogP contribution in [-0.4, -0.2) is 36.3 Å². The summed E-state index contributed by atoms with van der Waals surface area (Å²) in [5.74, 6) is -1.43. The van der Waals surface area contributed by atoms with Crippen LogP contribution < -0.4 is 5.73 Å². The maximum absolute atomic E-state index is 12.3. The van der Waals surface area contributed by atoms with Crippen LogP contribution in [0, 0.1) is 10.1 Å². The third-order valence-corrected chi connectivity index (χ3v) is 4.47. The molecule has 0 bridgehead atoms. The fourth-order valence-electron chi connectivity index (χ4n) is 2.30. The molecule has 0 fully saturated rings. The Bertz CT molecular complexity index is 963. The number of benzene rings is 1. The van der Waals surface area contributed by atoms with Crippen molar-refractivity contribution in [3.05, 3.63) is 57.1 Å². The quantitative estimate of drug-likeness (QED) is 0.297. The molecule has 2 N–H and O–H groups in total. The average Bonchev–Trinajstić information content (AvgIpc) is 3.02. The van der Waals surface area contributed by atoms with E-state index >= 15 is 0 Å². The number of nitro groups is 1. The second kappa shape index (κ2) is 10.1. The van der Waals surface area contributed by atoms with E-state index in [4.69, 9.17) is 15.2 Å². The number of anilines is 1. The number of nitrogen functional groups attached to an aromatic ring is 1. The summed E-state index contributed by atoms with van der Waals surface area (Å²) in [6.45, 7) is 3.55. The lowest BCUT2D eigenvalue weighted by Gasteiger charge is -2.05. The average molecular weight is 417 g/mol. The molecule has 152 valence electrons. The number of allylic oxidation sites excluding steroid dienone is 1. The molecule has 0 atom stereocenters. The van der Waals surface area contributed by atoms with Crippen LogP contribution in [0.3, 0.4) is 0 Å². The van der Waals surface area contributed by atoms with E-state index in [0.29, 0.717) is 0 Å². The Kier molecular flexibility index (Phi) is 7.61. The van der Waals surface area contributed by atoms with Gasteiger partial charge in [0.15, 0.2) is 0 Å². The van der Waals surface area contributed by atoms with E-state index in [2.05, 4.69) is 4.99 Å². The number of thiophene rings is 1. The fraction of sp³-hybridized carbons (Fsp3) is 0.211. The Morgan fingerprint density at radius 2 is 1.72 bits per heavy atom. The van der Waals surface area contributed by atoms with Gasteiger partial charge in [0, 0.05) is 18.3 Å². The van der Waals surface area contributed by atoms with Crippen molar-refractivity contribution in [2.24, 2.45) is 4.99 Å². The van der Waals surface area contributed by atoms with Gasteiger partial charge in [-0.05, 0) is 37.6 Å². The van der Waals surface area contributed by atoms with Crippen molar-refractivity contribution < 1.29 is 24.0 Å². The predicted molar refractivity (Wildman–Crippen MR) is 111 cm³/mol. The molecule has 1 heterocycles. The zero-order valence-electron chi connectivity index (χ0n) is 15.8. The molecule has 0 amide bonds. The molecular formula is C19H19N3O6S. The van der Waals surface area contributed by atoms with Crippen LogP contribution in [0.25, 0.3) is 6.08 Å². The molecule has 0 spiro atoms. The van der Waals surface area contributed by atoms with E-state index in [1.54, 1.807) is 38.1 Å². The summed E-state index contributed by atoms with van der Waals surface area (Å²) in [5.41, 5.74) is 6.54. The summed E-state index contributed by atoms with van der Waals surface area (Å²) in [7, 11) is 0. The van der Waals surface area contributed by atoms with E-state index in [1.807, 2.05) is 0 Å². The Labute approximate surface area is 170 Å². The normalized spacial score (nSPS) is 11.1. The van der Waals surface area contributed by atoms with Crippen LogP contribution in [0.2, 0.25) is 0 Å². The first kappa shape index (κ1) is 21.8. The number of hydrogen-bond donors (Lipinski definition) is 1. The molecule has 2 rings (SSSR count). The highest BCUT2D eigenvalue weighted by atomic mass is 32.1. The van der Waals surface area contributed by atoms with Crippen LogP contribution >= 0.6 is 11.3 Å². The maximum atomic E-state index is 12.3. The third kappa shape index (κ3) is 5.48. The Hall–Kier alpha value is -3.53. The predicted octanol–water partition coefficient (Wildman–Crippen LogP) is 4.01. The zero-order valence-corrected chi connectivity index (χ0v) is 16.6. The third-order valence-electron chi connectivity index (χ3n) is 3.55. The fourth-order valence-corrected chi connectivity index (χ4v) is 3.19. The van der Waals surface area contributed by atoms with Gasteiger partial charge in [0.1, 0.15) is 21.1 Å². The van der Waals surface area contributed by atoms with Crippen molar-refractivity contribution >= 4 is 51.3 Å². The van der Waals surface area contributed by atoms with E-state index in [9.17, 15) is 19.7 Å². The first-order valence-electron chi connectivity index (χ1n) is 8.60. The molecule has 1 aromatic carbocycles. The van der Waals surface area contributed by atoms with Crippen LogP contribution in [-0.2, 0) is 9.47 Å². The highest BCUT2D eigenvalue weighted by molar-refractivity contribution is 7.20. The summed E-state index contributed by atoms with van der Waals surface area (Å²) < 4.78 is 9.98. The number of nitrogens with zero attached hydrogens (tertiary/aromatic N) is 2. The summed E-state index contributed by atoms with van der Waals surface area (Å²) in [6, 6.07) is 5.96. The van der Waals surface area contributed by atoms with Crippen molar-refractivity contribution in [2.45, 2.75) is 13.8 Å². The van der Waals surface area contributed by atoms with Gasteiger partial charge in [-0.3, -0.25) is 10.1 Å². The number of carbonyl (C=O) groups is 2. The maximum Gasteiger partial charge on any atom is 0.342 e. The Balaban J connectivity index is 2.28. The molecule has 29 heavy (non-hydrogen) atoms. The summed E-state index contributed by atoms with van der Waals surface area (Å²) in [6.07, 6.45) is 4.70. The molecule has 10 heteroatoms. The number of aliphatic imine (C=N–C) groups is 1. The highest BCUT2D eigenvalue weighted by Gasteiger charge is 2.29. The highest BCUT2D eigenvalue weighted by Crippen LogP contribution is 2.38. The SMILES string of the molecule is CCOC(=O)c1c(N)sc(/N=C/C=C/c2ccc([N+](=O)[O-])cc2)c1C(=O)OCC. The van der Waals surface area contributed by atoms with Crippen molar-refractivity contribution in [1.29, 1.82) is 0 Å². The topological polar surface area (TPSA) is 134 Å². The molecule has 0 aliphatic rings. The summed E-state index contributed by atoms with van der Waals surface area (Å²) >= 11 is 0.970. The molecule has 9 nitrogen and oxygen atoms in total. The molecule has 0 saturated heterocycles. The lowest BCUT2D eigenvalue weighted by molar-refractivity contribution is -0.384. The molecule has 0 unspecified atom stereocenters. The van der Waals surface area contributed by atoms with Gasteiger partial charge in [0.05, 0.1) is 18.1 Å². The van der Waals surface area contributed by atoms with Crippen molar-refractivity contribution in [1.82, 2.24) is 0 Å². The van der Waals surface area contributed by atoms with Crippen LogP contribution in [0.4, 0.5) is 15.7 Å². The van der Waals surface area contributed by atoms with Crippen molar-refractivity contribution in [2.75, 3.05) is 18.9 Å². The molecule has 0 saturated carbocycles. The minimum atomic E-state index is -0.716. The molecule has 0 aliphatic heterocycles. The number of nitrogens with two attached hydrogens (primary N) is 1. The van der Waals surface area contributed by atoms with Gasteiger partial charge in [-0.15, -0.1) is 0 Å². The number of ether oxygens (including phenoxy) is 2. The number of non-ortho nitro benzene ring substituents is 1. The minimum absolute atomic E-state index is 0.00421. The molecule has 1 aromatic heterocycles. The number of nitro benzene ring substituents is 1. The van der Waals surface area contributed by atoms with Gasteiger partial charge < -0.3 is 15.2 Å². The second-order valence-corrected chi connectivity index (χ2v) is 6.48. The van der Waals surface area contributed by atoms with E-state index in [-0.39, 0.29) is 40.0 Å². The number of esters is 2. The second-order valence-electron chi connectivity index (χ2n) is 5.45. The molecular weight excluding hydrogens is 398 g/mol. The monoisotopic (exact) mass is 417 g/mol. The van der Waals surface area contributed by atoms with Crippen LogP contribution in [0.15, 0.2) is 35.3 Å². The van der Waals surface area contributed by atoms with Gasteiger partial charge in [-0.1, -0.05) is 17.4 Å². The van der Waals surface area contributed by atoms with Crippen LogP contribution in [0.5, 0.6) is 0 Å². The molecule has 2 aromatic rings. The van der Waals surface area contributed by atoms with Gasteiger partial charge in [0.2, 0.25) is 0 Å². The van der Waals surface area contributed by atoms with Gasteiger partial charge in [0.25, 0.3) is 5.69 Å². The first-order chi connectivity index (χ1) is 13.9. The Morgan fingerprint density at radius 1 is 1.14 bits per heavy atom. The summed E-state index contributed by atoms with van der Waals surface area (Å²) in [5, 5.41) is 11.0. The number of rotatable bonds is 8. The van der Waals surface area contributed by atoms with Crippen LogP contribution in [0.1, 0.15) is 40.1 Å². The first-order valence-corrected chi connectivity index (χ1v) is 9.42. The lowest BCUT2D eigenvalue weighted by atomic mass is 10.1. The van der Waals surface area contributed by atoms with Gasteiger partial charge >= 0.3 is 11.9 Å². The van der Waals surface area contributed by atoms with Crippen molar-refractivity contribution in [3.8, 4) is 0 Å². The van der Waals surface area contributed by atoms with Gasteiger partial charge in [-0.2, -0.15) is 0 Å². The van der Waals surface area contributed by atoms with E-state index < -0.39 is 16.9 Å². The Morgan fingerprint density at radius 3 is 2.28 bits per heavy atom. The largest absolute Gasteiger partial charge is 0.462 e. The number of hydrogen-bond acceptors (Lipinski definition) is 9. The summed E-state index contributed by atoms with van der Waals surface area (Å²) in [4.78, 5) is 38.9.